The van der Waals surface area contributed by atoms with E-state index in [4.69, 9.17) is 22.3 Å². The van der Waals surface area contributed by atoms with Gasteiger partial charge in [-0.2, -0.15) is 0 Å². The maximum Gasteiger partial charge on any atom is 0.130 e. The van der Waals surface area contributed by atoms with Crippen LogP contribution in [0.3, 0.4) is 0 Å². The molecule has 3 nitrogen and oxygen atoms in total. The molecule has 0 radical (unpaired) electrons. The molecule has 0 unspecified atom stereocenters. The first-order chi connectivity index (χ1) is 8.64. The van der Waals surface area contributed by atoms with Crippen molar-refractivity contribution in [2.75, 3.05) is 0 Å². The van der Waals surface area contributed by atoms with Crippen molar-refractivity contribution in [3.63, 3.8) is 0 Å². The van der Waals surface area contributed by atoms with Gasteiger partial charge in [-0.15, -0.1) is 0 Å². The molecule has 1 saturated carbocycles. The lowest BCUT2D eigenvalue weighted by molar-refractivity contribution is 0.413. The molecule has 0 atom stereocenters. The third kappa shape index (κ3) is 1.73. The van der Waals surface area contributed by atoms with Crippen LogP contribution < -0.4 is 5.73 Å². The second kappa shape index (κ2) is 4.25. The summed E-state index contributed by atoms with van der Waals surface area (Å²) in [5.41, 5.74) is 8.38. The SMILES string of the molecule is CCn1c(C2(N)CCCC2)nc2cc(Cl)ccc21. The van der Waals surface area contributed by atoms with E-state index >= 15 is 0 Å². The van der Waals surface area contributed by atoms with Crippen molar-refractivity contribution < 1.29 is 0 Å². The number of hydrogen-bond acceptors (Lipinski definition) is 2. The number of aryl methyl sites for hydroxylation is 1. The van der Waals surface area contributed by atoms with E-state index in [1.54, 1.807) is 0 Å². The van der Waals surface area contributed by atoms with Gasteiger partial charge in [-0.05, 0) is 38.0 Å². The zero-order chi connectivity index (χ0) is 12.8. The van der Waals surface area contributed by atoms with Gasteiger partial charge < -0.3 is 10.3 Å². The van der Waals surface area contributed by atoms with E-state index < -0.39 is 0 Å². The number of rotatable bonds is 2. The van der Waals surface area contributed by atoms with Crippen molar-refractivity contribution >= 4 is 22.6 Å². The fraction of sp³-hybridized carbons (Fsp3) is 0.500. The van der Waals surface area contributed by atoms with E-state index in [1.807, 2.05) is 18.2 Å². The predicted molar refractivity (Wildman–Crippen MR) is 74.8 cm³/mol. The van der Waals surface area contributed by atoms with E-state index in [-0.39, 0.29) is 5.54 Å². The van der Waals surface area contributed by atoms with Gasteiger partial charge in [-0.1, -0.05) is 24.4 Å². The number of aromatic nitrogens is 2. The summed E-state index contributed by atoms with van der Waals surface area (Å²) in [4.78, 5) is 4.75. The molecule has 0 saturated heterocycles. The van der Waals surface area contributed by atoms with Gasteiger partial charge in [0.1, 0.15) is 5.82 Å². The fourth-order valence-electron chi connectivity index (χ4n) is 3.03. The second-order valence-electron chi connectivity index (χ2n) is 5.18. The molecule has 1 aliphatic rings. The third-order valence-corrected chi connectivity index (χ3v) is 4.20. The summed E-state index contributed by atoms with van der Waals surface area (Å²) >= 11 is 6.04. The molecule has 18 heavy (non-hydrogen) atoms. The van der Waals surface area contributed by atoms with E-state index in [2.05, 4.69) is 11.5 Å². The minimum atomic E-state index is -0.249. The maximum atomic E-state index is 6.54. The largest absolute Gasteiger partial charge is 0.327 e. The minimum absolute atomic E-state index is 0.249. The van der Waals surface area contributed by atoms with Crippen molar-refractivity contribution in [3.8, 4) is 0 Å². The van der Waals surface area contributed by atoms with Crippen molar-refractivity contribution in [1.82, 2.24) is 9.55 Å². The van der Waals surface area contributed by atoms with Crippen molar-refractivity contribution in [2.45, 2.75) is 44.7 Å². The standard InChI is InChI=1S/C14H18ClN3/c1-2-18-12-6-5-10(15)9-11(12)17-13(18)14(16)7-3-4-8-14/h5-6,9H,2-4,7-8,16H2,1H3. The maximum absolute atomic E-state index is 6.54. The highest BCUT2D eigenvalue weighted by molar-refractivity contribution is 6.31. The quantitative estimate of drug-likeness (QED) is 0.902. The van der Waals surface area contributed by atoms with Crippen molar-refractivity contribution in [3.05, 3.63) is 29.0 Å². The molecule has 0 amide bonds. The second-order valence-corrected chi connectivity index (χ2v) is 5.61. The first-order valence-corrected chi connectivity index (χ1v) is 6.97. The van der Waals surface area contributed by atoms with Gasteiger partial charge >= 0.3 is 0 Å². The fourth-order valence-corrected chi connectivity index (χ4v) is 3.20. The molecule has 4 heteroatoms. The molecule has 1 fully saturated rings. The van der Waals surface area contributed by atoms with Crippen LogP contribution in [-0.2, 0) is 12.1 Å². The Labute approximate surface area is 112 Å². The van der Waals surface area contributed by atoms with E-state index in [0.29, 0.717) is 0 Å². The average molecular weight is 264 g/mol. The first kappa shape index (κ1) is 12.0. The van der Waals surface area contributed by atoms with Crippen LogP contribution in [-0.4, -0.2) is 9.55 Å². The van der Waals surface area contributed by atoms with Gasteiger partial charge in [-0.25, -0.2) is 4.98 Å². The molecule has 1 heterocycles. The van der Waals surface area contributed by atoms with Crippen LogP contribution in [0.4, 0.5) is 0 Å². The van der Waals surface area contributed by atoms with Crippen molar-refractivity contribution in [2.24, 2.45) is 5.73 Å². The Kier molecular flexibility index (Phi) is 2.83. The summed E-state index contributed by atoms with van der Waals surface area (Å²) in [6.45, 7) is 3.03. The molecule has 96 valence electrons. The Morgan fingerprint density at radius 1 is 1.39 bits per heavy atom. The van der Waals surface area contributed by atoms with Crippen LogP contribution in [0.15, 0.2) is 18.2 Å². The van der Waals surface area contributed by atoms with Gasteiger partial charge in [0.15, 0.2) is 0 Å². The molecule has 1 aromatic heterocycles. The van der Waals surface area contributed by atoms with E-state index in [1.165, 1.54) is 12.8 Å². The third-order valence-electron chi connectivity index (χ3n) is 3.97. The van der Waals surface area contributed by atoms with Crippen LogP contribution in [0.1, 0.15) is 38.4 Å². The number of benzene rings is 1. The Hall–Kier alpha value is -1.06. The van der Waals surface area contributed by atoms with Crippen LogP contribution in [0.2, 0.25) is 5.02 Å². The summed E-state index contributed by atoms with van der Waals surface area (Å²) in [6, 6.07) is 5.88. The Balaban J connectivity index is 2.22. The molecular formula is C14H18ClN3. The molecule has 3 rings (SSSR count). The normalized spacial score (nSPS) is 18.6. The van der Waals surface area contributed by atoms with Crippen LogP contribution in [0.25, 0.3) is 11.0 Å². The summed E-state index contributed by atoms with van der Waals surface area (Å²) < 4.78 is 2.23. The minimum Gasteiger partial charge on any atom is -0.327 e. The van der Waals surface area contributed by atoms with Gasteiger partial charge in [0.25, 0.3) is 0 Å². The van der Waals surface area contributed by atoms with Crippen LogP contribution >= 0.6 is 11.6 Å². The highest BCUT2D eigenvalue weighted by Crippen LogP contribution is 2.37. The number of imidazole rings is 1. The molecule has 2 N–H and O–H groups in total. The molecule has 0 aliphatic heterocycles. The van der Waals surface area contributed by atoms with Crippen molar-refractivity contribution in [1.29, 1.82) is 0 Å². The summed E-state index contributed by atoms with van der Waals surface area (Å²) in [6.07, 6.45) is 4.46. The number of halogens is 1. The highest BCUT2D eigenvalue weighted by Gasteiger charge is 2.35. The number of fused-ring (bicyclic) bond motifs is 1. The zero-order valence-electron chi connectivity index (χ0n) is 10.6. The van der Waals surface area contributed by atoms with Gasteiger partial charge in [0, 0.05) is 11.6 Å². The number of nitrogens with two attached hydrogens (primary N) is 1. The lowest BCUT2D eigenvalue weighted by atomic mass is 9.98. The van der Waals surface area contributed by atoms with Gasteiger partial charge in [-0.3, -0.25) is 0 Å². The lowest BCUT2D eigenvalue weighted by Gasteiger charge is -2.23. The number of hydrogen-bond donors (Lipinski definition) is 1. The predicted octanol–water partition coefficient (Wildman–Crippen LogP) is 3.44. The lowest BCUT2D eigenvalue weighted by Crippen LogP contribution is -2.36. The van der Waals surface area contributed by atoms with E-state index in [9.17, 15) is 0 Å². The highest BCUT2D eigenvalue weighted by atomic mass is 35.5. The summed E-state index contributed by atoms with van der Waals surface area (Å²) in [5, 5.41) is 0.729. The monoisotopic (exact) mass is 263 g/mol. The smallest absolute Gasteiger partial charge is 0.130 e. The average Bonchev–Trinajstić information content (AvgIpc) is 2.93. The molecule has 1 aliphatic carbocycles. The Morgan fingerprint density at radius 3 is 2.78 bits per heavy atom. The van der Waals surface area contributed by atoms with E-state index in [0.717, 1.165) is 41.3 Å². The molecule has 1 aromatic carbocycles. The molecule has 2 aromatic rings. The zero-order valence-corrected chi connectivity index (χ0v) is 11.4. The summed E-state index contributed by atoms with van der Waals surface area (Å²) in [5.74, 6) is 1.03. The molecular weight excluding hydrogens is 246 g/mol. The Bertz CT molecular complexity index is 582. The molecule has 0 bridgehead atoms. The van der Waals surface area contributed by atoms with Gasteiger partial charge in [0.05, 0.1) is 16.6 Å². The Morgan fingerprint density at radius 2 is 2.11 bits per heavy atom. The van der Waals surface area contributed by atoms with Crippen LogP contribution in [0, 0.1) is 0 Å². The molecule has 0 spiro atoms. The first-order valence-electron chi connectivity index (χ1n) is 6.59. The van der Waals surface area contributed by atoms with Crippen LogP contribution in [0.5, 0.6) is 0 Å². The number of nitrogens with zero attached hydrogens (tertiary/aromatic N) is 2. The topological polar surface area (TPSA) is 43.8 Å². The summed E-state index contributed by atoms with van der Waals surface area (Å²) in [7, 11) is 0. The van der Waals surface area contributed by atoms with Gasteiger partial charge in [0.2, 0.25) is 0 Å².